The minimum atomic E-state index is 0.814. The van der Waals surface area contributed by atoms with Gasteiger partial charge in [0.05, 0.1) is 17.6 Å². The van der Waals surface area contributed by atoms with Gasteiger partial charge in [0.2, 0.25) is 0 Å². The highest BCUT2D eigenvalue weighted by Gasteiger charge is 2.15. The zero-order valence-corrected chi connectivity index (χ0v) is 12.6. The lowest BCUT2D eigenvalue weighted by Crippen LogP contribution is -2.10. The largest absolute Gasteiger partial charge is 0.368 e. The quantitative estimate of drug-likeness (QED) is 0.876. The smallest absolute Gasteiger partial charge is 0.154 e. The molecular weight excluding hydrogens is 252 g/mol. The second kappa shape index (κ2) is 6.45. The van der Waals surface area contributed by atoms with Gasteiger partial charge in [0.15, 0.2) is 5.82 Å². The van der Waals surface area contributed by atoms with E-state index in [9.17, 15) is 0 Å². The van der Waals surface area contributed by atoms with Crippen LogP contribution in [0.1, 0.15) is 38.1 Å². The van der Waals surface area contributed by atoms with Crippen LogP contribution in [0.3, 0.4) is 0 Å². The molecule has 2 rings (SSSR count). The van der Waals surface area contributed by atoms with Crippen LogP contribution in [0.4, 0.5) is 5.82 Å². The van der Waals surface area contributed by atoms with Gasteiger partial charge in [0.25, 0.3) is 0 Å². The van der Waals surface area contributed by atoms with Crippen LogP contribution in [0, 0.1) is 13.8 Å². The molecule has 0 aliphatic carbocycles. The number of aromatic nitrogens is 5. The number of rotatable bonds is 6. The summed E-state index contributed by atoms with van der Waals surface area (Å²) >= 11 is 0. The van der Waals surface area contributed by atoms with Crippen molar-refractivity contribution in [3.05, 3.63) is 17.6 Å². The maximum Gasteiger partial charge on any atom is 0.154 e. The maximum absolute atomic E-state index is 4.69. The zero-order valence-electron chi connectivity index (χ0n) is 12.6. The van der Waals surface area contributed by atoms with E-state index in [1.54, 1.807) is 6.20 Å². The average molecular weight is 274 g/mol. The molecule has 6 nitrogen and oxygen atoms in total. The van der Waals surface area contributed by atoms with Gasteiger partial charge < -0.3 is 5.32 Å². The van der Waals surface area contributed by atoms with E-state index in [4.69, 9.17) is 0 Å². The minimum absolute atomic E-state index is 0.814. The lowest BCUT2D eigenvalue weighted by atomic mass is 10.2. The topological polar surface area (TPSA) is 68.5 Å². The van der Waals surface area contributed by atoms with Crippen LogP contribution in [-0.2, 0) is 6.54 Å². The Bertz CT molecular complexity index is 575. The molecule has 6 heteroatoms. The van der Waals surface area contributed by atoms with Crippen LogP contribution < -0.4 is 5.32 Å². The highest BCUT2D eigenvalue weighted by Crippen LogP contribution is 2.25. The van der Waals surface area contributed by atoms with Gasteiger partial charge in [-0.05, 0) is 26.7 Å². The standard InChI is InChI=1S/C14H22N6/c1-5-7-15-14-13(17-10(3)11(4)18-14)12-9-16-19-20(12)8-6-2/h9H,5-8H2,1-4H3,(H,15,18). The molecule has 0 aliphatic rings. The Morgan fingerprint density at radius 1 is 1.10 bits per heavy atom. The van der Waals surface area contributed by atoms with Gasteiger partial charge >= 0.3 is 0 Å². The molecule has 108 valence electrons. The van der Waals surface area contributed by atoms with Gasteiger partial charge in [0.1, 0.15) is 11.4 Å². The summed E-state index contributed by atoms with van der Waals surface area (Å²) in [5, 5.41) is 11.5. The summed E-state index contributed by atoms with van der Waals surface area (Å²) in [5.41, 5.74) is 3.63. The number of hydrogen-bond donors (Lipinski definition) is 1. The number of nitrogens with one attached hydrogen (secondary N) is 1. The highest BCUT2D eigenvalue weighted by molar-refractivity contribution is 5.68. The Morgan fingerprint density at radius 2 is 1.85 bits per heavy atom. The molecule has 0 unspecified atom stereocenters. The van der Waals surface area contributed by atoms with Gasteiger partial charge in [-0.15, -0.1) is 5.10 Å². The first-order valence-corrected chi connectivity index (χ1v) is 7.15. The monoisotopic (exact) mass is 274 g/mol. The number of aryl methyl sites for hydroxylation is 3. The molecule has 0 aromatic carbocycles. The van der Waals surface area contributed by atoms with E-state index in [0.717, 1.165) is 54.5 Å². The van der Waals surface area contributed by atoms with Crippen LogP contribution in [0.2, 0.25) is 0 Å². The second-order valence-electron chi connectivity index (χ2n) is 4.86. The van der Waals surface area contributed by atoms with Crippen molar-refractivity contribution in [2.75, 3.05) is 11.9 Å². The van der Waals surface area contributed by atoms with Crippen molar-refractivity contribution in [2.24, 2.45) is 0 Å². The van der Waals surface area contributed by atoms with E-state index in [2.05, 4.69) is 39.4 Å². The molecule has 0 spiro atoms. The summed E-state index contributed by atoms with van der Waals surface area (Å²) in [6.45, 7) is 9.91. The molecular formula is C14H22N6. The number of nitrogens with zero attached hydrogens (tertiary/aromatic N) is 5. The van der Waals surface area contributed by atoms with Crippen LogP contribution in [0.25, 0.3) is 11.4 Å². The molecule has 2 aromatic rings. The molecule has 0 atom stereocenters. The van der Waals surface area contributed by atoms with E-state index in [0.29, 0.717) is 0 Å². The molecule has 2 heterocycles. The molecule has 1 N–H and O–H groups in total. The summed E-state index contributed by atoms with van der Waals surface area (Å²) in [6.07, 6.45) is 3.80. The third-order valence-corrected chi connectivity index (χ3v) is 3.15. The van der Waals surface area contributed by atoms with Gasteiger partial charge in [-0.2, -0.15) is 0 Å². The van der Waals surface area contributed by atoms with E-state index < -0.39 is 0 Å². The third kappa shape index (κ3) is 2.95. The predicted octanol–water partition coefficient (Wildman–Crippen LogP) is 2.58. The average Bonchev–Trinajstić information content (AvgIpc) is 2.88. The predicted molar refractivity (Wildman–Crippen MR) is 79.6 cm³/mol. The molecule has 2 aromatic heterocycles. The Balaban J connectivity index is 2.47. The lowest BCUT2D eigenvalue weighted by molar-refractivity contribution is 0.583. The summed E-state index contributed by atoms with van der Waals surface area (Å²) in [5.74, 6) is 0.814. The Hall–Kier alpha value is -1.98. The summed E-state index contributed by atoms with van der Waals surface area (Å²) in [7, 11) is 0. The molecule has 0 fully saturated rings. The van der Waals surface area contributed by atoms with Crippen molar-refractivity contribution in [3.63, 3.8) is 0 Å². The number of hydrogen-bond acceptors (Lipinski definition) is 5. The second-order valence-corrected chi connectivity index (χ2v) is 4.86. The first-order valence-electron chi connectivity index (χ1n) is 7.15. The zero-order chi connectivity index (χ0) is 14.5. The molecule has 0 saturated carbocycles. The van der Waals surface area contributed by atoms with Gasteiger partial charge in [-0.1, -0.05) is 19.1 Å². The summed E-state index contributed by atoms with van der Waals surface area (Å²) < 4.78 is 1.88. The fourth-order valence-electron chi connectivity index (χ4n) is 1.97. The third-order valence-electron chi connectivity index (χ3n) is 3.15. The van der Waals surface area contributed by atoms with E-state index in [1.165, 1.54) is 0 Å². The van der Waals surface area contributed by atoms with Crippen molar-refractivity contribution in [3.8, 4) is 11.4 Å². The van der Waals surface area contributed by atoms with Crippen molar-refractivity contribution >= 4 is 5.82 Å². The first-order chi connectivity index (χ1) is 9.67. The van der Waals surface area contributed by atoms with Crippen molar-refractivity contribution in [2.45, 2.75) is 47.1 Å². The molecule has 0 radical (unpaired) electrons. The normalized spacial score (nSPS) is 10.8. The van der Waals surface area contributed by atoms with E-state index >= 15 is 0 Å². The number of anilines is 1. The molecule has 0 aliphatic heterocycles. The Labute approximate surface area is 119 Å². The minimum Gasteiger partial charge on any atom is -0.368 e. The molecule has 20 heavy (non-hydrogen) atoms. The molecule has 0 amide bonds. The first kappa shape index (κ1) is 14.4. The van der Waals surface area contributed by atoms with E-state index in [-0.39, 0.29) is 0 Å². The molecule has 0 saturated heterocycles. The lowest BCUT2D eigenvalue weighted by Gasteiger charge is -2.13. The van der Waals surface area contributed by atoms with Crippen molar-refractivity contribution in [1.82, 2.24) is 25.0 Å². The summed E-state index contributed by atoms with van der Waals surface area (Å²) in [6, 6.07) is 0. The Kier molecular flexibility index (Phi) is 4.65. The van der Waals surface area contributed by atoms with Gasteiger partial charge in [-0.3, -0.25) is 0 Å². The Morgan fingerprint density at radius 3 is 2.55 bits per heavy atom. The summed E-state index contributed by atoms with van der Waals surface area (Å²) in [4.78, 5) is 9.31. The van der Waals surface area contributed by atoms with Crippen LogP contribution in [0.5, 0.6) is 0 Å². The maximum atomic E-state index is 4.69. The van der Waals surface area contributed by atoms with Crippen molar-refractivity contribution < 1.29 is 0 Å². The van der Waals surface area contributed by atoms with Gasteiger partial charge in [-0.25, -0.2) is 14.6 Å². The molecule has 0 bridgehead atoms. The van der Waals surface area contributed by atoms with E-state index in [1.807, 2.05) is 18.5 Å². The van der Waals surface area contributed by atoms with Crippen LogP contribution >= 0.6 is 0 Å². The fourth-order valence-corrected chi connectivity index (χ4v) is 1.97. The van der Waals surface area contributed by atoms with Gasteiger partial charge in [0, 0.05) is 13.1 Å². The fraction of sp³-hybridized carbons (Fsp3) is 0.571. The van der Waals surface area contributed by atoms with Crippen molar-refractivity contribution in [1.29, 1.82) is 0 Å². The SMILES string of the molecule is CCCNc1nc(C)c(C)nc1-c1cnnn1CCC. The van der Waals surface area contributed by atoms with Crippen LogP contribution in [0.15, 0.2) is 6.20 Å². The van der Waals surface area contributed by atoms with Crippen LogP contribution in [-0.4, -0.2) is 31.5 Å². The highest BCUT2D eigenvalue weighted by atomic mass is 15.4.